The first kappa shape index (κ1) is 51.8. The number of hydrogen-bond acceptors (Lipinski definition) is 15. The Labute approximate surface area is 410 Å². The van der Waals surface area contributed by atoms with E-state index in [-0.39, 0.29) is 36.3 Å². The smallest absolute Gasteiger partial charge is 0.340 e. The van der Waals surface area contributed by atoms with Crippen molar-refractivity contribution in [1.82, 2.24) is 47.1 Å². The van der Waals surface area contributed by atoms with Gasteiger partial charge in [-0.15, -0.1) is 11.8 Å². The average Bonchev–Trinajstić information content (AvgIpc) is 3.87. The van der Waals surface area contributed by atoms with E-state index in [1.54, 1.807) is 43.3 Å². The highest BCUT2D eigenvalue weighted by atomic mass is 32.2. The lowest BCUT2D eigenvalue weighted by Crippen LogP contribution is -2.62. The number of aliphatic hydroxyl groups is 3. The topological polar surface area (TPSA) is 357 Å². The Balaban J connectivity index is 1.25. The molecular formula is C47H58N10O13S. The molecule has 0 saturated carbocycles. The van der Waals surface area contributed by atoms with Crippen LogP contribution in [0.3, 0.4) is 0 Å². The van der Waals surface area contributed by atoms with Crippen LogP contribution in [-0.2, 0) is 51.2 Å². The lowest BCUT2D eigenvalue weighted by molar-refractivity contribution is -0.142. The molecule has 7 rings (SSSR count). The molecule has 1 fully saturated rings. The molecule has 8 amide bonds. The monoisotopic (exact) mass is 1000 g/mol. The molecule has 10 atom stereocenters. The summed E-state index contributed by atoms with van der Waals surface area (Å²) in [6.07, 6.45) is -4.25. The lowest BCUT2D eigenvalue weighted by Gasteiger charge is -2.31. The van der Waals surface area contributed by atoms with E-state index < -0.39 is 132 Å². The fourth-order valence-corrected chi connectivity index (χ4v) is 9.99. The van der Waals surface area contributed by atoms with Crippen molar-refractivity contribution >= 4 is 86.6 Å². The number of aromatic nitrogens is 1. The second kappa shape index (κ2) is 21.1. The number of aromatic amines is 1. The molecule has 2 aromatic carbocycles. The maximum Gasteiger partial charge on any atom is 0.340 e. The summed E-state index contributed by atoms with van der Waals surface area (Å²) in [7, 11) is 0. The second-order valence-electron chi connectivity index (χ2n) is 18.7. The number of carbonyl (C=O) groups excluding carboxylic acids is 8. The van der Waals surface area contributed by atoms with Crippen molar-refractivity contribution in [1.29, 1.82) is 0 Å². The van der Waals surface area contributed by atoms with Gasteiger partial charge in [0.25, 0.3) is 0 Å². The van der Waals surface area contributed by atoms with Gasteiger partial charge in [-0.1, -0.05) is 18.2 Å². The molecule has 380 valence electrons. The third kappa shape index (κ3) is 11.8. The molecule has 13 N–H and O–H groups in total. The number of rotatable bonds is 7. The minimum absolute atomic E-state index is 0.0524. The number of para-hydroxylation sites is 1. The first-order valence-electron chi connectivity index (χ1n) is 23.0. The normalized spacial score (nSPS) is 26.4. The third-order valence-corrected chi connectivity index (χ3v) is 14.0. The van der Waals surface area contributed by atoms with Crippen LogP contribution in [0.15, 0.2) is 56.7 Å². The molecule has 0 radical (unpaired) electrons. The van der Waals surface area contributed by atoms with E-state index >= 15 is 0 Å². The predicted octanol–water partition coefficient (Wildman–Crippen LogP) is -2.38. The average molecular weight is 1000 g/mol. The SMILES string of the molecule is Cc1c(CC(=O)NCC(C)(O)CC2NC(=O)C3Cc4c([nH]c5ccccc45)SCC(NC(=O)C(C(C)O)NC(=O)C(C)NC2=O)C(=O)N2CC(O)CC2C(=O)NC(C)C(=O)N3)c(=O)oc2cc(N)ccc12. The Morgan fingerprint density at radius 2 is 1.56 bits per heavy atom. The van der Waals surface area contributed by atoms with Crippen molar-refractivity contribution < 1.29 is 58.1 Å². The Hall–Kier alpha value is -7.02. The van der Waals surface area contributed by atoms with Gasteiger partial charge in [0.05, 0.1) is 34.8 Å². The molecule has 23 nitrogen and oxygen atoms in total. The zero-order valence-electron chi connectivity index (χ0n) is 39.5. The van der Waals surface area contributed by atoms with Gasteiger partial charge in [-0.2, -0.15) is 0 Å². The van der Waals surface area contributed by atoms with Crippen LogP contribution in [0.25, 0.3) is 21.9 Å². The summed E-state index contributed by atoms with van der Waals surface area (Å²) in [5, 5.41) is 52.8. The molecule has 1 saturated heterocycles. The van der Waals surface area contributed by atoms with E-state index in [4.69, 9.17) is 10.2 Å². The first-order chi connectivity index (χ1) is 33.5. The molecule has 10 unspecified atom stereocenters. The van der Waals surface area contributed by atoms with Gasteiger partial charge >= 0.3 is 5.63 Å². The number of nitrogens with zero attached hydrogens (tertiary/aromatic N) is 1. The van der Waals surface area contributed by atoms with E-state index in [1.807, 2.05) is 0 Å². The van der Waals surface area contributed by atoms with E-state index in [1.165, 1.54) is 33.8 Å². The van der Waals surface area contributed by atoms with E-state index in [9.17, 15) is 58.5 Å². The van der Waals surface area contributed by atoms with Crippen LogP contribution in [0.1, 0.15) is 57.2 Å². The van der Waals surface area contributed by atoms with Crippen molar-refractivity contribution in [3.8, 4) is 0 Å². The number of carbonyl (C=O) groups is 8. The molecule has 0 spiro atoms. The Morgan fingerprint density at radius 3 is 2.28 bits per heavy atom. The van der Waals surface area contributed by atoms with E-state index in [0.29, 0.717) is 38.1 Å². The largest absolute Gasteiger partial charge is 0.422 e. The number of nitrogens with one attached hydrogen (secondary N) is 8. The quantitative estimate of drug-likeness (QED) is 0.0680. The van der Waals surface area contributed by atoms with Crippen molar-refractivity contribution in [3.05, 3.63) is 69.6 Å². The van der Waals surface area contributed by atoms with Crippen LogP contribution in [0.2, 0.25) is 0 Å². The van der Waals surface area contributed by atoms with Crippen LogP contribution in [-0.4, -0.2) is 151 Å². The van der Waals surface area contributed by atoms with Gasteiger partial charge in [0, 0.05) is 66.1 Å². The molecule has 71 heavy (non-hydrogen) atoms. The van der Waals surface area contributed by atoms with Crippen molar-refractivity contribution in [3.63, 3.8) is 0 Å². The number of nitrogen functional groups attached to an aromatic ring is 1. The summed E-state index contributed by atoms with van der Waals surface area (Å²) in [5.41, 5.74) is 5.28. The lowest BCUT2D eigenvalue weighted by atomic mass is 9.94. The number of thioether (sulfide) groups is 1. The predicted molar refractivity (Wildman–Crippen MR) is 257 cm³/mol. The van der Waals surface area contributed by atoms with E-state index in [2.05, 4.69) is 42.2 Å². The van der Waals surface area contributed by atoms with Crippen molar-refractivity contribution in [2.24, 2.45) is 0 Å². The summed E-state index contributed by atoms with van der Waals surface area (Å²) < 4.78 is 5.41. The summed E-state index contributed by atoms with van der Waals surface area (Å²) >= 11 is 1.06. The number of nitrogens with two attached hydrogens (primary N) is 1. The number of aryl methyl sites for hydroxylation is 1. The first-order valence-corrected chi connectivity index (χ1v) is 24.0. The zero-order chi connectivity index (χ0) is 51.6. The summed E-state index contributed by atoms with van der Waals surface area (Å²) in [4.78, 5) is 130. The number of amides is 8. The van der Waals surface area contributed by atoms with Gasteiger partial charge in [-0.05, 0) is 63.9 Å². The molecule has 2 aromatic heterocycles. The maximum absolute atomic E-state index is 14.7. The Bertz CT molecular complexity index is 2850. The Morgan fingerprint density at radius 1 is 0.887 bits per heavy atom. The van der Waals surface area contributed by atoms with Gasteiger partial charge in [0.2, 0.25) is 47.3 Å². The second-order valence-corrected chi connectivity index (χ2v) is 19.7. The minimum Gasteiger partial charge on any atom is -0.422 e. The molecule has 4 aromatic rings. The number of aliphatic hydroxyl groups excluding tert-OH is 2. The highest BCUT2D eigenvalue weighted by Gasteiger charge is 2.44. The number of hydrogen-bond donors (Lipinski definition) is 12. The van der Waals surface area contributed by atoms with Gasteiger partial charge in [0.15, 0.2) is 0 Å². The number of benzene rings is 2. The number of H-pyrrole nitrogens is 1. The minimum atomic E-state index is -2.00. The van der Waals surface area contributed by atoms with Crippen LogP contribution in [0.4, 0.5) is 5.69 Å². The molecule has 2 bridgehead atoms. The number of anilines is 1. The van der Waals surface area contributed by atoms with Gasteiger partial charge < -0.3 is 72.6 Å². The zero-order valence-corrected chi connectivity index (χ0v) is 40.4. The maximum atomic E-state index is 14.7. The highest BCUT2D eigenvalue weighted by molar-refractivity contribution is 7.99. The van der Waals surface area contributed by atoms with Crippen LogP contribution >= 0.6 is 11.8 Å². The molecular weight excluding hydrogens is 945 g/mol. The summed E-state index contributed by atoms with van der Waals surface area (Å²) in [6.45, 7) is 5.91. The molecule has 0 aliphatic carbocycles. The molecule has 24 heteroatoms. The summed E-state index contributed by atoms with van der Waals surface area (Å²) in [5.74, 6) is -7.31. The fourth-order valence-electron chi connectivity index (χ4n) is 8.88. The van der Waals surface area contributed by atoms with Crippen LogP contribution in [0, 0.1) is 6.92 Å². The third-order valence-electron chi connectivity index (χ3n) is 12.8. The van der Waals surface area contributed by atoms with Crippen molar-refractivity contribution in [2.75, 3.05) is 24.6 Å². The molecule has 3 aliphatic heterocycles. The highest BCUT2D eigenvalue weighted by Crippen LogP contribution is 2.33. The molecule has 3 aliphatic rings. The number of fused-ring (bicyclic) bond motifs is 6. The standard InChI is InChI=1S/C47H58N10O13S/c1-20-26-11-10-24(48)12-35(26)70-46(68)28(20)15-36(60)49-19-47(5,69)16-32-41(64)50-22(3)39(62)56-37(23(4)58)43(66)54-33-18-71-44-29(27-8-6-7-9-30(27)55-44)14-31(40(63)53-32)52-38(61)21(2)51-42(65)34-13-25(59)17-57(34)45(33)67/h6-12,21-23,25,31-34,37,55,58-59,69H,13-19,48H2,1-5H3,(H,49,60)(H,50,64)(H,51,65)(H,52,61)(H,53,63)(H,54,66)(H,56,62). The van der Waals surface area contributed by atoms with Gasteiger partial charge in [0.1, 0.15) is 47.9 Å². The van der Waals surface area contributed by atoms with Gasteiger partial charge in [-0.25, -0.2) is 4.79 Å². The molecule has 5 heterocycles. The van der Waals surface area contributed by atoms with Crippen LogP contribution in [0.5, 0.6) is 0 Å². The fraction of sp³-hybridized carbons (Fsp3) is 0.468. The summed E-state index contributed by atoms with van der Waals surface area (Å²) in [6, 6.07) is 1.31. The van der Waals surface area contributed by atoms with Crippen LogP contribution < -0.4 is 48.6 Å². The van der Waals surface area contributed by atoms with Crippen molar-refractivity contribution in [2.45, 2.75) is 125 Å². The Kier molecular flexibility index (Phi) is 15.4. The van der Waals surface area contributed by atoms with Gasteiger partial charge in [-0.3, -0.25) is 38.4 Å². The van der Waals surface area contributed by atoms with E-state index in [0.717, 1.165) is 16.7 Å².